The fourth-order valence-corrected chi connectivity index (χ4v) is 4.03. The summed E-state index contributed by atoms with van der Waals surface area (Å²) in [6.07, 6.45) is 1.43. The first kappa shape index (κ1) is 23.8. The summed E-state index contributed by atoms with van der Waals surface area (Å²) in [7, 11) is 1.52. The van der Waals surface area contributed by atoms with Crippen LogP contribution in [0.1, 0.15) is 27.8 Å². The van der Waals surface area contributed by atoms with Gasteiger partial charge in [0.25, 0.3) is 11.8 Å². The zero-order chi connectivity index (χ0) is 25.1. The molecule has 4 rings (SSSR count). The van der Waals surface area contributed by atoms with E-state index < -0.39 is 17.8 Å². The molecule has 1 N–H and O–H groups in total. The number of carbonyl (C=O) groups is 3. The molecule has 1 aliphatic heterocycles. The molecular weight excluding hydrogens is 444 g/mol. The number of barbiturate groups is 1. The molecule has 1 aliphatic rings. The Balaban J connectivity index is 1.59. The molecule has 0 bridgehead atoms. The molecular formula is C28H26N2O5. The number of imide groups is 2. The minimum atomic E-state index is -0.782. The van der Waals surface area contributed by atoms with Crippen LogP contribution in [0.25, 0.3) is 6.08 Å². The predicted molar refractivity (Wildman–Crippen MR) is 133 cm³/mol. The number of amides is 4. The van der Waals surface area contributed by atoms with Gasteiger partial charge in [0.1, 0.15) is 12.2 Å². The molecule has 0 radical (unpaired) electrons. The number of anilines is 1. The van der Waals surface area contributed by atoms with Gasteiger partial charge in [0.15, 0.2) is 11.5 Å². The molecule has 35 heavy (non-hydrogen) atoms. The van der Waals surface area contributed by atoms with Crippen molar-refractivity contribution < 1.29 is 23.9 Å². The number of nitrogens with zero attached hydrogens (tertiary/aromatic N) is 1. The van der Waals surface area contributed by atoms with Crippen molar-refractivity contribution in [3.8, 4) is 11.5 Å². The van der Waals surface area contributed by atoms with Crippen LogP contribution in [0.4, 0.5) is 10.5 Å². The maximum atomic E-state index is 13.1. The van der Waals surface area contributed by atoms with E-state index in [-0.39, 0.29) is 5.57 Å². The van der Waals surface area contributed by atoms with Gasteiger partial charge in [-0.1, -0.05) is 47.5 Å². The number of urea groups is 1. The Hall–Kier alpha value is -4.39. The Morgan fingerprint density at radius 2 is 1.60 bits per heavy atom. The molecule has 4 amide bonds. The van der Waals surface area contributed by atoms with Gasteiger partial charge < -0.3 is 9.47 Å². The first-order valence-electron chi connectivity index (χ1n) is 11.1. The Morgan fingerprint density at radius 3 is 2.29 bits per heavy atom. The maximum Gasteiger partial charge on any atom is 0.335 e. The van der Waals surface area contributed by atoms with Crippen LogP contribution in [0.15, 0.2) is 66.2 Å². The Bertz CT molecular complexity index is 1340. The standard InChI is InChI=1S/C28H26N2O5/c1-17-6-5-7-22(13-17)30-27(32)23(26(31)29-28(30)33)14-20-8-9-24(25(15-20)34-4)35-16-21-11-18(2)10-19(3)12-21/h5-15H,16H2,1-4H3,(H,29,31,33)/b23-14+. The summed E-state index contributed by atoms with van der Waals surface area (Å²) in [4.78, 5) is 39.0. The summed E-state index contributed by atoms with van der Waals surface area (Å²) in [6, 6.07) is 17.5. The molecule has 7 nitrogen and oxygen atoms in total. The molecule has 0 unspecified atom stereocenters. The molecule has 3 aromatic carbocycles. The van der Waals surface area contributed by atoms with Crippen LogP contribution in [0, 0.1) is 20.8 Å². The molecule has 0 saturated carbocycles. The van der Waals surface area contributed by atoms with Crippen molar-refractivity contribution in [3.63, 3.8) is 0 Å². The zero-order valence-electron chi connectivity index (χ0n) is 20.0. The first-order valence-corrected chi connectivity index (χ1v) is 11.1. The summed E-state index contributed by atoms with van der Waals surface area (Å²) in [5.41, 5.74) is 5.03. The van der Waals surface area contributed by atoms with E-state index in [0.717, 1.165) is 27.2 Å². The van der Waals surface area contributed by atoms with E-state index in [9.17, 15) is 14.4 Å². The van der Waals surface area contributed by atoms with Crippen LogP contribution in [0.3, 0.4) is 0 Å². The monoisotopic (exact) mass is 470 g/mol. The van der Waals surface area contributed by atoms with Crippen LogP contribution in [0.5, 0.6) is 11.5 Å². The van der Waals surface area contributed by atoms with Crippen molar-refractivity contribution in [1.29, 1.82) is 0 Å². The topological polar surface area (TPSA) is 84.9 Å². The van der Waals surface area contributed by atoms with Crippen molar-refractivity contribution in [2.75, 3.05) is 12.0 Å². The first-order chi connectivity index (χ1) is 16.7. The largest absolute Gasteiger partial charge is 0.493 e. The highest BCUT2D eigenvalue weighted by Crippen LogP contribution is 2.31. The van der Waals surface area contributed by atoms with E-state index in [0.29, 0.717) is 29.4 Å². The molecule has 0 atom stereocenters. The number of ether oxygens (including phenoxy) is 2. The van der Waals surface area contributed by atoms with Crippen molar-refractivity contribution in [2.24, 2.45) is 0 Å². The van der Waals surface area contributed by atoms with Gasteiger partial charge in [0, 0.05) is 0 Å². The summed E-state index contributed by atoms with van der Waals surface area (Å²) in [5, 5.41) is 2.24. The van der Waals surface area contributed by atoms with E-state index in [1.165, 1.54) is 13.2 Å². The van der Waals surface area contributed by atoms with Gasteiger partial charge in [-0.05, 0) is 67.8 Å². The van der Waals surface area contributed by atoms with Gasteiger partial charge in [-0.15, -0.1) is 0 Å². The molecule has 0 aromatic heterocycles. The molecule has 1 fully saturated rings. The number of aryl methyl sites for hydroxylation is 3. The van der Waals surface area contributed by atoms with Gasteiger partial charge >= 0.3 is 6.03 Å². The van der Waals surface area contributed by atoms with Gasteiger partial charge in [-0.3, -0.25) is 14.9 Å². The van der Waals surface area contributed by atoms with Gasteiger partial charge in [-0.2, -0.15) is 0 Å². The number of carbonyl (C=O) groups excluding carboxylic acids is 3. The van der Waals surface area contributed by atoms with Gasteiger partial charge in [0.2, 0.25) is 0 Å². The lowest BCUT2D eigenvalue weighted by Gasteiger charge is -2.26. The van der Waals surface area contributed by atoms with E-state index in [2.05, 4.69) is 23.5 Å². The van der Waals surface area contributed by atoms with Crippen LogP contribution in [-0.2, 0) is 16.2 Å². The molecule has 3 aromatic rings. The van der Waals surface area contributed by atoms with Crippen molar-refractivity contribution in [2.45, 2.75) is 27.4 Å². The van der Waals surface area contributed by atoms with E-state index in [1.807, 2.05) is 26.8 Å². The van der Waals surface area contributed by atoms with Crippen LogP contribution >= 0.6 is 0 Å². The average molecular weight is 471 g/mol. The van der Waals surface area contributed by atoms with Crippen molar-refractivity contribution in [1.82, 2.24) is 5.32 Å². The summed E-state index contributed by atoms with van der Waals surface area (Å²) < 4.78 is 11.4. The Kier molecular flexibility index (Phi) is 6.68. The van der Waals surface area contributed by atoms with Gasteiger partial charge in [-0.25, -0.2) is 9.69 Å². The lowest BCUT2D eigenvalue weighted by molar-refractivity contribution is -0.122. The summed E-state index contributed by atoms with van der Waals surface area (Å²) in [5.74, 6) is -0.458. The third-order valence-corrected chi connectivity index (χ3v) is 5.54. The Morgan fingerprint density at radius 1 is 0.857 bits per heavy atom. The second-order valence-corrected chi connectivity index (χ2v) is 8.49. The second-order valence-electron chi connectivity index (χ2n) is 8.49. The fraction of sp³-hybridized carbons (Fsp3) is 0.179. The number of hydrogen-bond donors (Lipinski definition) is 1. The summed E-state index contributed by atoms with van der Waals surface area (Å²) >= 11 is 0. The minimum Gasteiger partial charge on any atom is -0.493 e. The number of hydrogen-bond acceptors (Lipinski definition) is 5. The molecule has 0 aliphatic carbocycles. The highest BCUT2D eigenvalue weighted by molar-refractivity contribution is 6.39. The maximum absolute atomic E-state index is 13.1. The number of nitrogens with one attached hydrogen (secondary N) is 1. The molecule has 1 heterocycles. The van der Waals surface area contributed by atoms with Crippen LogP contribution in [0.2, 0.25) is 0 Å². The van der Waals surface area contributed by atoms with Gasteiger partial charge in [0.05, 0.1) is 12.8 Å². The average Bonchev–Trinajstić information content (AvgIpc) is 2.80. The van der Waals surface area contributed by atoms with E-state index >= 15 is 0 Å². The lowest BCUT2D eigenvalue weighted by atomic mass is 10.1. The molecule has 0 spiro atoms. The van der Waals surface area contributed by atoms with Crippen molar-refractivity contribution in [3.05, 3.63) is 94.1 Å². The number of benzene rings is 3. The summed E-state index contributed by atoms with van der Waals surface area (Å²) in [6.45, 7) is 6.30. The minimum absolute atomic E-state index is 0.155. The zero-order valence-corrected chi connectivity index (χ0v) is 20.0. The van der Waals surface area contributed by atoms with E-state index in [1.54, 1.807) is 36.4 Å². The predicted octanol–water partition coefficient (Wildman–Crippen LogP) is 4.87. The third-order valence-electron chi connectivity index (χ3n) is 5.54. The number of methoxy groups -OCH3 is 1. The Labute approximate surface area is 204 Å². The fourth-order valence-electron chi connectivity index (χ4n) is 4.03. The lowest BCUT2D eigenvalue weighted by Crippen LogP contribution is -2.54. The third kappa shape index (κ3) is 5.24. The molecule has 178 valence electrons. The smallest absolute Gasteiger partial charge is 0.335 e. The molecule has 1 saturated heterocycles. The van der Waals surface area contributed by atoms with Crippen LogP contribution in [-0.4, -0.2) is 25.0 Å². The van der Waals surface area contributed by atoms with E-state index in [4.69, 9.17) is 9.47 Å². The van der Waals surface area contributed by atoms with Crippen molar-refractivity contribution >= 4 is 29.6 Å². The quantitative estimate of drug-likeness (QED) is 0.411. The molecule has 7 heteroatoms. The highest BCUT2D eigenvalue weighted by atomic mass is 16.5. The normalized spacial score (nSPS) is 14.8. The SMILES string of the molecule is COc1cc(/C=C2\C(=O)NC(=O)N(c3cccc(C)c3)C2=O)ccc1OCc1cc(C)cc(C)c1. The van der Waals surface area contributed by atoms with Crippen LogP contribution < -0.4 is 19.7 Å². The highest BCUT2D eigenvalue weighted by Gasteiger charge is 2.36. The second kappa shape index (κ2) is 9.85. The number of rotatable bonds is 6.